The maximum atomic E-state index is 11.9. The standard InChI is InChI=1S/C13H21N3O5/c1-5-6-9(11(17)20-4)14-12(18)15-16-10(8(2)3)7-21-13(16)19/h5,8-10H,1,6-7H2,2-4H3,(H2,14,15,18)/t9-,10-/m1/s1. The fourth-order valence-corrected chi connectivity index (χ4v) is 1.88. The monoisotopic (exact) mass is 299 g/mol. The first-order chi connectivity index (χ1) is 9.90. The Hall–Kier alpha value is -2.25. The summed E-state index contributed by atoms with van der Waals surface area (Å²) in [6, 6.07) is -1.79. The topological polar surface area (TPSA) is 97.0 Å². The molecule has 0 radical (unpaired) electrons. The summed E-state index contributed by atoms with van der Waals surface area (Å²) in [6.45, 7) is 7.54. The summed E-state index contributed by atoms with van der Waals surface area (Å²) < 4.78 is 9.48. The molecule has 1 aliphatic heterocycles. The predicted octanol–water partition coefficient (Wildman–Crippen LogP) is 0.795. The summed E-state index contributed by atoms with van der Waals surface area (Å²) in [5.74, 6) is -0.476. The summed E-state index contributed by atoms with van der Waals surface area (Å²) in [4.78, 5) is 35.0. The molecular weight excluding hydrogens is 278 g/mol. The molecule has 2 N–H and O–H groups in total. The first-order valence-electron chi connectivity index (χ1n) is 6.62. The number of cyclic esters (lactones) is 1. The minimum absolute atomic E-state index is 0.112. The van der Waals surface area contributed by atoms with Crippen molar-refractivity contribution in [3.63, 3.8) is 0 Å². The fraction of sp³-hybridized carbons (Fsp3) is 0.615. The van der Waals surface area contributed by atoms with E-state index in [1.807, 2.05) is 13.8 Å². The summed E-state index contributed by atoms with van der Waals surface area (Å²) in [5, 5.41) is 3.56. The molecule has 8 nitrogen and oxygen atoms in total. The number of ether oxygens (including phenoxy) is 2. The van der Waals surface area contributed by atoms with E-state index in [9.17, 15) is 14.4 Å². The van der Waals surface area contributed by atoms with Crippen molar-refractivity contribution in [3.05, 3.63) is 12.7 Å². The van der Waals surface area contributed by atoms with E-state index in [-0.39, 0.29) is 25.0 Å². The molecule has 1 rings (SSSR count). The van der Waals surface area contributed by atoms with E-state index in [0.717, 1.165) is 5.01 Å². The number of hydrazine groups is 1. The van der Waals surface area contributed by atoms with E-state index in [1.165, 1.54) is 13.2 Å². The number of nitrogens with zero attached hydrogens (tertiary/aromatic N) is 1. The van der Waals surface area contributed by atoms with E-state index < -0.39 is 24.1 Å². The van der Waals surface area contributed by atoms with Crippen molar-refractivity contribution < 1.29 is 23.9 Å². The lowest BCUT2D eigenvalue weighted by Gasteiger charge is -2.25. The second-order valence-electron chi connectivity index (χ2n) is 4.94. The predicted molar refractivity (Wildman–Crippen MR) is 74.1 cm³/mol. The second-order valence-corrected chi connectivity index (χ2v) is 4.94. The van der Waals surface area contributed by atoms with E-state index in [0.29, 0.717) is 0 Å². The van der Waals surface area contributed by atoms with Crippen LogP contribution in [0.1, 0.15) is 20.3 Å². The van der Waals surface area contributed by atoms with Gasteiger partial charge in [0.25, 0.3) is 0 Å². The normalized spacial score (nSPS) is 19.0. The molecular formula is C13H21N3O5. The number of rotatable bonds is 6. The lowest BCUT2D eigenvalue weighted by atomic mass is 10.1. The van der Waals surface area contributed by atoms with Gasteiger partial charge in [-0.2, -0.15) is 0 Å². The Labute approximate surface area is 123 Å². The number of urea groups is 1. The van der Waals surface area contributed by atoms with Crippen LogP contribution in [0.2, 0.25) is 0 Å². The van der Waals surface area contributed by atoms with Crippen LogP contribution in [0.5, 0.6) is 0 Å². The number of esters is 1. The number of methoxy groups -OCH3 is 1. The average Bonchev–Trinajstić information content (AvgIpc) is 2.79. The number of carbonyl (C=O) groups excluding carboxylic acids is 3. The molecule has 0 aromatic rings. The van der Waals surface area contributed by atoms with Crippen molar-refractivity contribution >= 4 is 18.1 Å². The van der Waals surface area contributed by atoms with Gasteiger partial charge in [0, 0.05) is 0 Å². The summed E-state index contributed by atoms with van der Waals surface area (Å²) in [7, 11) is 1.23. The lowest BCUT2D eigenvalue weighted by molar-refractivity contribution is -0.142. The van der Waals surface area contributed by atoms with Gasteiger partial charge in [0.05, 0.1) is 13.2 Å². The number of nitrogens with one attached hydrogen (secondary N) is 2. The molecule has 1 aliphatic rings. The zero-order valence-electron chi connectivity index (χ0n) is 12.4. The Kier molecular flexibility index (Phi) is 6.01. The summed E-state index contributed by atoms with van der Waals surface area (Å²) >= 11 is 0. The van der Waals surface area contributed by atoms with Gasteiger partial charge in [-0.25, -0.2) is 24.8 Å². The van der Waals surface area contributed by atoms with Crippen LogP contribution < -0.4 is 10.7 Å². The highest BCUT2D eigenvalue weighted by Gasteiger charge is 2.36. The quantitative estimate of drug-likeness (QED) is 0.558. The van der Waals surface area contributed by atoms with Crippen molar-refractivity contribution in [2.24, 2.45) is 5.92 Å². The van der Waals surface area contributed by atoms with Crippen LogP contribution in [0.15, 0.2) is 12.7 Å². The Morgan fingerprint density at radius 1 is 1.57 bits per heavy atom. The van der Waals surface area contributed by atoms with E-state index in [1.54, 1.807) is 0 Å². The minimum Gasteiger partial charge on any atom is -0.467 e. The number of hydrogen-bond donors (Lipinski definition) is 2. The SMILES string of the molecule is C=CC[C@@H](NC(=O)NN1C(=O)OC[C@@H]1C(C)C)C(=O)OC. The molecule has 1 saturated heterocycles. The molecule has 0 unspecified atom stereocenters. The number of amides is 3. The molecule has 0 aromatic carbocycles. The Bertz CT molecular complexity index is 424. The van der Waals surface area contributed by atoms with E-state index >= 15 is 0 Å². The lowest BCUT2D eigenvalue weighted by Crippen LogP contribution is -2.55. The highest BCUT2D eigenvalue weighted by molar-refractivity contribution is 5.84. The van der Waals surface area contributed by atoms with Crippen LogP contribution in [0.3, 0.4) is 0 Å². The molecule has 0 aromatic heterocycles. The third-order valence-electron chi connectivity index (χ3n) is 3.09. The largest absolute Gasteiger partial charge is 0.467 e. The van der Waals surface area contributed by atoms with Crippen LogP contribution in [0, 0.1) is 5.92 Å². The molecule has 118 valence electrons. The fourth-order valence-electron chi connectivity index (χ4n) is 1.88. The third-order valence-corrected chi connectivity index (χ3v) is 3.09. The summed E-state index contributed by atoms with van der Waals surface area (Å²) in [6.07, 6.45) is 1.09. The van der Waals surface area contributed by atoms with Crippen LogP contribution in [-0.4, -0.2) is 48.9 Å². The zero-order valence-corrected chi connectivity index (χ0v) is 12.4. The number of carbonyl (C=O) groups is 3. The highest BCUT2D eigenvalue weighted by Crippen LogP contribution is 2.16. The van der Waals surface area contributed by atoms with Gasteiger partial charge in [-0.1, -0.05) is 19.9 Å². The van der Waals surface area contributed by atoms with Crippen molar-refractivity contribution in [1.29, 1.82) is 0 Å². The molecule has 0 saturated carbocycles. The zero-order chi connectivity index (χ0) is 16.0. The van der Waals surface area contributed by atoms with Crippen LogP contribution in [0.4, 0.5) is 9.59 Å². The van der Waals surface area contributed by atoms with Crippen LogP contribution in [-0.2, 0) is 14.3 Å². The molecule has 2 atom stereocenters. The highest BCUT2D eigenvalue weighted by atomic mass is 16.6. The van der Waals surface area contributed by atoms with Gasteiger partial charge < -0.3 is 14.8 Å². The smallest absolute Gasteiger partial charge is 0.429 e. The first-order valence-corrected chi connectivity index (χ1v) is 6.62. The van der Waals surface area contributed by atoms with Gasteiger partial charge in [-0.3, -0.25) is 0 Å². The molecule has 3 amide bonds. The van der Waals surface area contributed by atoms with Crippen LogP contribution in [0.25, 0.3) is 0 Å². The Morgan fingerprint density at radius 2 is 2.24 bits per heavy atom. The second kappa shape index (κ2) is 7.51. The maximum Gasteiger partial charge on any atom is 0.429 e. The Balaban J connectivity index is 2.64. The van der Waals surface area contributed by atoms with Crippen molar-refractivity contribution in [2.75, 3.05) is 13.7 Å². The van der Waals surface area contributed by atoms with Gasteiger partial charge in [-0.05, 0) is 12.3 Å². The van der Waals surface area contributed by atoms with Gasteiger partial charge in [-0.15, -0.1) is 6.58 Å². The molecule has 8 heteroatoms. The van der Waals surface area contributed by atoms with Crippen LogP contribution >= 0.6 is 0 Å². The molecule has 0 spiro atoms. The molecule has 1 heterocycles. The van der Waals surface area contributed by atoms with Crippen molar-refractivity contribution in [1.82, 2.24) is 15.8 Å². The molecule has 0 aliphatic carbocycles. The molecule has 21 heavy (non-hydrogen) atoms. The van der Waals surface area contributed by atoms with Gasteiger partial charge in [0.1, 0.15) is 12.6 Å². The molecule has 1 fully saturated rings. The molecule has 0 bridgehead atoms. The van der Waals surface area contributed by atoms with Crippen molar-refractivity contribution in [3.8, 4) is 0 Å². The minimum atomic E-state index is -0.858. The first kappa shape index (κ1) is 16.8. The third kappa shape index (κ3) is 4.37. The van der Waals surface area contributed by atoms with Gasteiger partial charge in [0.2, 0.25) is 0 Å². The average molecular weight is 299 g/mol. The summed E-state index contributed by atoms with van der Waals surface area (Å²) in [5.41, 5.74) is 2.39. The van der Waals surface area contributed by atoms with Gasteiger partial charge in [0.15, 0.2) is 0 Å². The van der Waals surface area contributed by atoms with Gasteiger partial charge >= 0.3 is 18.1 Å². The van der Waals surface area contributed by atoms with Crippen molar-refractivity contribution in [2.45, 2.75) is 32.4 Å². The number of hydrogen-bond acceptors (Lipinski definition) is 5. The maximum absolute atomic E-state index is 11.9. The van der Waals surface area contributed by atoms with E-state index in [4.69, 9.17) is 4.74 Å². The van der Waals surface area contributed by atoms with E-state index in [2.05, 4.69) is 22.1 Å². The Morgan fingerprint density at radius 3 is 2.76 bits per heavy atom.